The minimum atomic E-state index is -0.0456. The third-order valence-corrected chi connectivity index (χ3v) is 7.91. The van der Waals surface area contributed by atoms with Crippen molar-refractivity contribution in [3.8, 4) is 5.75 Å². The molecular formula is C21H26N4O2S. The zero-order valence-electron chi connectivity index (χ0n) is 16.2. The summed E-state index contributed by atoms with van der Waals surface area (Å²) in [6.45, 7) is 0.588. The van der Waals surface area contributed by atoms with E-state index in [0.29, 0.717) is 23.2 Å². The van der Waals surface area contributed by atoms with Gasteiger partial charge in [0.2, 0.25) is 5.16 Å². The highest BCUT2D eigenvalue weighted by Gasteiger charge is 2.54. The van der Waals surface area contributed by atoms with Crippen LogP contribution < -0.4 is 4.74 Å². The zero-order valence-corrected chi connectivity index (χ0v) is 17.0. The minimum absolute atomic E-state index is 0.0456. The molecule has 0 amide bonds. The Hall–Kier alpha value is -1.89. The quantitative estimate of drug-likeness (QED) is 0.664. The molecule has 4 bridgehead atoms. The molecule has 6 nitrogen and oxygen atoms in total. The molecule has 4 fully saturated rings. The fourth-order valence-electron chi connectivity index (χ4n) is 6.04. The van der Waals surface area contributed by atoms with Gasteiger partial charge in [0.15, 0.2) is 0 Å². The first-order valence-electron chi connectivity index (χ1n) is 10.2. The number of carbonyl (C=O) groups excluding carboxylic acids is 1. The van der Waals surface area contributed by atoms with Gasteiger partial charge in [-0.2, -0.15) is 0 Å². The maximum Gasteiger partial charge on any atom is 0.210 e. The highest BCUT2D eigenvalue weighted by molar-refractivity contribution is 7.99. The number of hydrogen-bond donors (Lipinski definition) is 0. The zero-order chi connectivity index (χ0) is 19.1. The van der Waals surface area contributed by atoms with E-state index in [0.717, 1.165) is 48.3 Å². The van der Waals surface area contributed by atoms with Crippen molar-refractivity contribution in [2.45, 2.75) is 50.2 Å². The Morgan fingerprint density at radius 1 is 1.14 bits per heavy atom. The maximum absolute atomic E-state index is 13.2. The van der Waals surface area contributed by atoms with Crippen molar-refractivity contribution in [3.63, 3.8) is 0 Å². The van der Waals surface area contributed by atoms with Crippen LogP contribution in [0.1, 0.15) is 44.1 Å². The topological polar surface area (TPSA) is 69.9 Å². The number of hydrogen-bond acceptors (Lipinski definition) is 6. The monoisotopic (exact) mass is 398 g/mol. The Kier molecular flexibility index (Phi) is 4.65. The second-order valence-electron chi connectivity index (χ2n) is 8.88. The first kappa shape index (κ1) is 18.2. The summed E-state index contributed by atoms with van der Waals surface area (Å²) in [5, 5.41) is 12.8. The SMILES string of the molecule is COc1ccc(Cn2nnnc2SCC(=O)C23CC4CC(CC(C4)C2)C3)cc1. The number of tetrazole rings is 1. The van der Waals surface area contributed by atoms with E-state index in [2.05, 4.69) is 15.5 Å². The number of methoxy groups -OCH3 is 1. The van der Waals surface area contributed by atoms with E-state index in [1.807, 2.05) is 24.3 Å². The van der Waals surface area contributed by atoms with E-state index < -0.39 is 0 Å². The summed E-state index contributed by atoms with van der Waals surface area (Å²) in [6.07, 6.45) is 7.44. The molecule has 4 aliphatic carbocycles. The van der Waals surface area contributed by atoms with Crippen LogP contribution in [-0.2, 0) is 11.3 Å². The van der Waals surface area contributed by atoms with E-state index in [1.165, 1.54) is 31.0 Å². The fourth-order valence-corrected chi connectivity index (χ4v) is 6.95. The smallest absolute Gasteiger partial charge is 0.210 e. The van der Waals surface area contributed by atoms with Gasteiger partial charge >= 0.3 is 0 Å². The number of nitrogens with zero attached hydrogens (tertiary/aromatic N) is 4. The molecule has 0 aliphatic heterocycles. The number of aromatic nitrogens is 4. The van der Waals surface area contributed by atoms with Gasteiger partial charge in [0.1, 0.15) is 11.5 Å². The summed E-state index contributed by atoms with van der Waals surface area (Å²) in [6, 6.07) is 7.89. The highest BCUT2D eigenvalue weighted by Crippen LogP contribution is 2.60. The van der Waals surface area contributed by atoms with Crippen molar-refractivity contribution in [2.24, 2.45) is 23.2 Å². The van der Waals surface area contributed by atoms with Crippen molar-refractivity contribution >= 4 is 17.5 Å². The number of ketones is 1. The lowest BCUT2D eigenvalue weighted by Crippen LogP contribution is -2.50. The molecule has 4 saturated carbocycles. The van der Waals surface area contributed by atoms with Gasteiger partial charge in [-0.3, -0.25) is 4.79 Å². The maximum atomic E-state index is 13.2. The molecule has 1 aromatic carbocycles. The van der Waals surface area contributed by atoms with Crippen LogP contribution in [0.15, 0.2) is 29.4 Å². The molecule has 0 N–H and O–H groups in total. The molecule has 6 rings (SSSR count). The molecule has 7 heteroatoms. The second-order valence-corrected chi connectivity index (χ2v) is 9.82. The summed E-state index contributed by atoms with van der Waals surface area (Å²) >= 11 is 1.49. The van der Waals surface area contributed by atoms with Crippen LogP contribution in [0.25, 0.3) is 0 Å². The van der Waals surface area contributed by atoms with Crippen LogP contribution in [0.3, 0.4) is 0 Å². The lowest BCUT2D eigenvalue weighted by atomic mass is 9.48. The van der Waals surface area contributed by atoms with Gasteiger partial charge in [0, 0.05) is 5.41 Å². The summed E-state index contributed by atoms with van der Waals surface area (Å²) in [4.78, 5) is 13.2. The lowest BCUT2D eigenvalue weighted by molar-refractivity contribution is -0.141. The van der Waals surface area contributed by atoms with E-state index in [-0.39, 0.29) is 5.41 Å². The van der Waals surface area contributed by atoms with Crippen LogP contribution in [0, 0.1) is 23.2 Å². The fraction of sp³-hybridized carbons (Fsp3) is 0.619. The number of thioether (sulfide) groups is 1. The average molecular weight is 399 g/mol. The average Bonchev–Trinajstić information content (AvgIpc) is 3.12. The molecule has 28 heavy (non-hydrogen) atoms. The normalized spacial score (nSPS) is 30.5. The van der Waals surface area contributed by atoms with E-state index in [4.69, 9.17) is 4.74 Å². The Labute approximate surface area is 169 Å². The van der Waals surface area contributed by atoms with E-state index in [9.17, 15) is 4.79 Å². The first-order chi connectivity index (χ1) is 13.6. The molecule has 1 heterocycles. The molecule has 0 unspecified atom stereocenters. The van der Waals surface area contributed by atoms with Crippen LogP contribution in [0.2, 0.25) is 0 Å². The predicted octanol–water partition coefficient (Wildman–Crippen LogP) is 3.61. The largest absolute Gasteiger partial charge is 0.497 e. The number of rotatable bonds is 7. The molecule has 0 spiro atoms. The first-order valence-corrected chi connectivity index (χ1v) is 11.2. The number of benzene rings is 1. The van der Waals surface area contributed by atoms with Gasteiger partial charge in [-0.05, 0) is 84.4 Å². The van der Waals surface area contributed by atoms with Gasteiger partial charge in [0.05, 0.1) is 19.4 Å². The molecule has 148 valence electrons. The minimum Gasteiger partial charge on any atom is -0.497 e. The summed E-state index contributed by atoms with van der Waals surface area (Å²) in [5.74, 6) is 4.11. The van der Waals surface area contributed by atoms with Gasteiger partial charge in [-0.25, -0.2) is 4.68 Å². The van der Waals surface area contributed by atoms with Crippen molar-refractivity contribution in [2.75, 3.05) is 12.9 Å². The molecule has 0 radical (unpaired) electrons. The van der Waals surface area contributed by atoms with Crippen molar-refractivity contribution in [1.29, 1.82) is 0 Å². The lowest BCUT2D eigenvalue weighted by Gasteiger charge is -2.56. The third kappa shape index (κ3) is 3.34. The Morgan fingerprint density at radius 3 is 2.39 bits per heavy atom. The van der Waals surface area contributed by atoms with Crippen molar-refractivity contribution in [3.05, 3.63) is 29.8 Å². The van der Waals surface area contributed by atoms with Gasteiger partial charge in [0.25, 0.3) is 0 Å². The van der Waals surface area contributed by atoms with Gasteiger partial charge in [-0.1, -0.05) is 23.9 Å². The molecule has 0 atom stereocenters. The molecule has 0 saturated heterocycles. The number of Topliss-reactive ketones (excluding diaryl/α,β-unsaturated/α-hetero) is 1. The third-order valence-electron chi connectivity index (χ3n) is 6.95. The second kappa shape index (κ2) is 7.17. The Bertz CT molecular complexity index is 828. The van der Waals surface area contributed by atoms with E-state index >= 15 is 0 Å². The number of carbonyl (C=O) groups is 1. The van der Waals surface area contributed by atoms with Crippen LogP contribution in [0.4, 0.5) is 0 Å². The molecule has 2 aromatic rings. The molecule has 4 aliphatic rings. The highest BCUT2D eigenvalue weighted by atomic mass is 32.2. The summed E-state index contributed by atoms with van der Waals surface area (Å²) in [7, 11) is 1.66. The standard InChI is InChI=1S/C21H26N4O2S/c1-27-18-4-2-14(3-5-18)12-25-20(22-23-24-25)28-13-19(26)21-9-15-6-16(10-21)8-17(7-15)11-21/h2-5,15-17H,6-13H2,1H3. The van der Waals surface area contributed by atoms with Crippen LogP contribution >= 0.6 is 11.8 Å². The predicted molar refractivity (Wildman–Crippen MR) is 106 cm³/mol. The Morgan fingerprint density at radius 2 is 1.79 bits per heavy atom. The van der Waals surface area contributed by atoms with E-state index in [1.54, 1.807) is 11.8 Å². The molecular weight excluding hydrogens is 372 g/mol. The number of ether oxygens (including phenoxy) is 1. The van der Waals surface area contributed by atoms with Crippen molar-refractivity contribution in [1.82, 2.24) is 20.2 Å². The molecule has 1 aromatic heterocycles. The van der Waals surface area contributed by atoms with Crippen molar-refractivity contribution < 1.29 is 9.53 Å². The summed E-state index contributed by atoms with van der Waals surface area (Å²) < 4.78 is 6.98. The Balaban J connectivity index is 1.24. The van der Waals surface area contributed by atoms with Crippen LogP contribution in [-0.4, -0.2) is 38.9 Å². The summed E-state index contributed by atoms with van der Waals surface area (Å²) in [5.41, 5.74) is 1.05. The van der Waals surface area contributed by atoms with Crippen LogP contribution in [0.5, 0.6) is 5.75 Å². The van der Waals surface area contributed by atoms with Gasteiger partial charge < -0.3 is 4.74 Å². The van der Waals surface area contributed by atoms with Gasteiger partial charge in [-0.15, -0.1) is 5.10 Å².